The molecule has 2 rings (SSSR count). The quantitative estimate of drug-likeness (QED) is 0.730. The first-order chi connectivity index (χ1) is 12.3. The van der Waals surface area contributed by atoms with Crippen molar-refractivity contribution in [3.8, 4) is 0 Å². The van der Waals surface area contributed by atoms with E-state index in [1.54, 1.807) is 4.90 Å². The van der Waals surface area contributed by atoms with E-state index in [4.69, 9.17) is 4.74 Å². The van der Waals surface area contributed by atoms with Crippen LogP contribution in [0, 0.1) is 0 Å². The fourth-order valence-corrected chi connectivity index (χ4v) is 2.92. The number of anilines is 1. The number of ether oxygens (including phenoxy) is 1. The Morgan fingerprint density at radius 3 is 2.85 bits per heavy atom. The van der Waals surface area contributed by atoms with Crippen molar-refractivity contribution >= 4 is 11.9 Å². The van der Waals surface area contributed by atoms with E-state index >= 15 is 0 Å². The molecular weight excluding hydrogens is 334 g/mol. The first-order valence-corrected chi connectivity index (χ1v) is 9.17. The van der Waals surface area contributed by atoms with Gasteiger partial charge in [-0.1, -0.05) is 6.92 Å². The average Bonchev–Trinajstić information content (AvgIpc) is 3.09. The molecule has 0 aliphatic carbocycles. The van der Waals surface area contributed by atoms with Gasteiger partial charge in [0.05, 0.1) is 11.8 Å². The minimum absolute atomic E-state index is 0.0466. The topological polar surface area (TPSA) is 81.8 Å². The largest absolute Gasteiger partial charge is 0.369 e. The van der Waals surface area contributed by atoms with Gasteiger partial charge >= 0.3 is 0 Å². The van der Waals surface area contributed by atoms with Crippen LogP contribution in [0.15, 0.2) is 10.9 Å². The van der Waals surface area contributed by atoms with Crippen molar-refractivity contribution in [1.82, 2.24) is 19.8 Å². The maximum absolute atomic E-state index is 12.3. The van der Waals surface area contributed by atoms with E-state index in [1.807, 2.05) is 39.9 Å². The Morgan fingerprint density at radius 2 is 2.19 bits per heavy atom. The minimum atomic E-state index is -0.155. The van der Waals surface area contributed by atoms with Crippen LogP contribution in [0.4, 0.5) is 5.95 Å². The molecule has 0 radical (unpaired) electrons. The second kappa shape index (κ2) is 9.14. The Kier molecular flexibility index (Phi) is 7.16. The average molecular weight is 365 g/mol. The molecule has 0 unspecified atom stereocenters. The van der Waals surface area contributed by atoms with E-state index in [-0.39, 0.29) is 30.2 Å². The lowest BCUT2D eigenvalue weighted by Crippen LogP contribution is -2.38. The van der Waals surface area contributed by atoms with E-state index in [2.05, 4.69) is 14.9 Å². The number of carbonyl (C=O) groups excluding carboxylic acids is 1. The Balaban J connectivity index is 1.90. The van der Waals surface area contributed by atoms with E-state index in [1.165, 1.54) is 6.07 Å². The summed E-state index contributed by atoms with van der Waals surface area (Å²) in [5.74, 6) is 0.594. The predicted molar refractivity (Wildman–Crippen MR) is 101 cm³/mol. The molecule has 1 saturated heterocycles. The SMILES string of the molecule is CC[C@@H](C)OCC(=O)N1CC[C@@H](N(C)Cc2cc(=O)[nH]c(N(C)C)n2)C1. The van der Waals surface area contributed by atoms with E-state index in [0.717, 1.165) is 25.1 Å². The highest BCUT2D eigenvalue weighted by atomic mass is 16.5. The van der Waals surface area contributed by atoms with E-state index in [0.29, 0.717) is 19.0 Å². The summed E-state index contributed by atoms with van der Waals surface area (Å²) >= 11 is 0. The molecule has 2 heterocycles. The molecule has 1 N–H and O–H groups in total. The molecular formula is C18H31N5O3. The van der Waals surface area contributed by atoms with Gasteiger partial charge in [0.2, 0.25) is 11.9 Å². The molecule has 1 aromatic heterocycles. The maximum Gasteiger partial charge on any atom is 0.252 e. The molecule has 8 nitrogen and oxygen atoms in total. The monoisotopic (exact) mass is 365 g/mol. The van der Waals surface area contributed by atoms with Crippen molar-refractivity contribution in [2.45, 2.75) is 45.4 Å². The molecule has 1 aliphatic rings. The summed E-state index contributed by atoms with van der Waals surface area (Å²) in [6, 6.07) is 1.79. The molecule has 1 aromatic rings. The van der Waals surface area contributed by atoms with Crippen molar-refractivity contribution in [2.75, 3.05) is 45.7 Å². The predicted octanol–water partition coefficient (Wildman–Crippen LogP) is 0.684. The van der Waals surface area contributed by atoms with Gasteiger partial charge in [0.25, 0.3) is 5.56 Å². The maximum atomic E-state index is 12.3. The van der Waals surface area contributed by atoms with Gasteiger partial charge in [-0.05, 0) is 26.8 Å². The van der Waals surface area contributed by atoms with Crippen LogP contribution in [0.1, 0.15) is 32.4 Å². The molecule has 0 spiro atoms. The fourth-order valence-electron chi connectivity index (χ4n) is 2.92. The van der Waals surface area contributed by atoms with Crippen LogP contribution in [0.2, 0.25) is 0 Å². The first-order valence-electron chi connectivity index (χ1n) is 9.17. The summed E-state index contributed by atoms with van der Waals surface area (Å²) in [5, 5.41) is 0. The third-order valence-electron chi connectivity index (χ3n) is 4.82. The second-order valence-corrected chi connectivity index (χ2v) is 7.18. The van der Waals surface area contributed by atoms with Crippen LogP contribution in [0.5, 0.6) is 0 Å². The highest BCUT2D eigenvalue weighted by Gasteiger charge is 2.29. The molecule has 0 saturated carbocycles. The molecule has 0 bridgehead atoms. The molecule has 1 amide bonds. The Morgan fingerprint density at radius 1 is 1.46 bits per heavy atom. The van der Waals surface area contributed by atoms with Crippen LogP contribution < -0.4 is 10.5 Å². The smallest absolute Gasteiger partial charge is 0.252 e. The summed E-state index contributed by atoms with van der Waals surface area (Å²) in [6.45, 7) is 6.16. The highest BCUT2D eigenvalue weighted by Crippen LogP contribution is 2.17. The van der Waals surface area contributed by atoms with Crippen molar-refractivity contribution in [2.24, 2.45) is 0 Å². The third-order valence-corrected chi connectivity index (χ3v) is 4.82. The molecule has 1 aliphatic heterocycles. The number of aromatic nitrogens is 2. The number of nitrogens with one attached hydrogen (secondary N) is 1. The van der Waals surface area contributed by atoms with Crippen LogP contribution in [0.25, 0.3) is 0 Å². The van der Waals surface area contributed by atoms with Gasteiger partial charge in [0, 0.05) is 45.8 Å². The van der Waals surface area contributed by atoms with Crippen LogP contribution in [-0.2, 0) is 16.1 Å². The van der Waals surface area contributed by atoms with Crippen LogP contribution >= 0.6 is 0 Å². The van der Waals surface area contributed by atoms with Gasteiger partial charge in [0.15, 0.2) is 0 Å². The van der Waals surface area contributed by atoms with Crippen molar-refractivity contribution < 1.29 is 9.53 Å². The number of amides is 1. The number of aromatic amines is 1. The van der Waals surface area contributed by atoms with Gasteiger partial charge in [-0.25, -0.2) is 4.98 Å². The molecule has 26 heavy (non-hydrogen) atoms. The van der Waals surface area contributed by atoms with Gasteiger partial charge in [-0.15, -0.1) is 0 Å². The molecule has 1 fully saturated rings. The Labute approximate surface area is 155 Å². The second-order valence-electron chi connectivity index (χ2n) is 7.18. The molecule has 146 valence electrons. The van der Waals surface area contributed by atoms with Crippen molar-refractivity contribution in [3.63, 3.8) is 0 Å². The van der Waals surface area contributed by atoms with Crippen LogP contribution in [-0.4, -0.2) is 78.7 Å². The summed E-state index contributed by atoms with van der Waals surface area (Å²) in [5.41, 5.74) is 0.572. The highest BCUT2D eigenvalue weighted by molar-refractivity contribution is 5.77. The third kappa shape index (κ3) is 5.54. The molecule has 8 heteroatoms. The summed E-state index contributed by atoms with van der Waals surface area (Å²) in [7, 11) is 5.69. The van der Waals surface area contributed by atoms with E-state index in [9.17, 15) is 9.59 Å². The summed E-state index contributed by atoms with van der Waals surface area (Å²) in [4.78, 5) is 37.1. The zero-order chi connectivity index (χ0) is 19.3. The van der Waals surface area contributed by atoms with E-state index < -0.39 is 0 Å². The van der Waals surface area contributed by atoms with Gasteiger partial charge < -0.3 is 14.5 Å². The van der Waals surface area contributed by atoms with Gasteiger partial charge in [0.1, 0.15) is 6.61 Å². The number of nitrogens with zero attached hydrogens (tertiary/aromatic N) is 4. The Bertz CT molecular complexity index is 660. The minimum Gasteiger partial charge on any atom is -0.369 e. The fraction of sp³-hybridized carbons (Fsp3) is 0.722. The zero-order valence-electron chi connectivity index (χ0n) is 16.5. The number of H-pyrrole nitrogens is 1. The number of carbonyl (C=O) groups is 1. The first kappa shape index (κ1) is 20.4. The van der Waals surface area contributed by atoms with Crippen LogP contribution in [0.3, 0.4) is 0 Å². The Hall–Kier alpha value is -1.93. The van der Waals surface area contributed by atoms with Gasteiger partial charge in [-0.3, -0.25) is 19.5 Å². The number of likely N-dealkylation sites (tertiary alicyclic amines) is 1. The lowest BCUT2D eigenvalue weighted by molar-refractivity contribution is -0.137. The zero-order valence-corrected chi connectivity index (χ0v) is 16.5. The summed E-state index contributed by atoms with van der Waals surface area (Å²) < 4.78 is 5.55. The van der Waals surface area contributed by atoms with Crippen molar-refractivity contribution in [1.29, 1.82) is 0 Å². The normalized spacial score (nSPS) is 18.4. The lowest BCUT2D eigenvalue weighted by Gasteiger charge is -2.25. The lowest BCUT2D eigenvalue weighted by atomic mass is 10.2. The molecule has 0 aromatic carbocycles. The number of likely N-dealkylation sites (N-methyl/N-ethyl adjacent to an activating group) is 1. The van der Waals surface area contributed by atoms with Gasteiger partial charge in [-0.2, -0.15) is 0 Å². The number of rotatable bonds is 8. The number of hydrogen-bond donors (Lipinski definition) is 1. The molecule has 2 atom stereocenters. The van der Waals surface area contributed by atoms with Crippen molar-refractivity contribution in [3.05, 3.63) is 22.1 Å². The summed E-state index contributed by atoms with van der Waals surface area (Å²) in [6.07, 6.45) is 1.92. The standard InChI is InChI=1S/C18H31N5O3/c1-6-13(2)26-12-17(25)23-8-7-15(11-23)22(5)10-14-9-16(24)20-18(19-14)21(3)4/h9,13,15H,6-8,10-12H2,1-5H3,(H,19,20,24)/t13-,15-/m1/s1. The number of hydrogen-bond acceptors (Lipinski definition) is 6.